The fourth-order valence-corrected chi connectivity index (χ4v) is 6.20. The highest BCUT2D eigenvalue weighted by molar-refractivity contribution is 7.81. The zero-order valence-electron chi connectivity index (χ0n) is 26.6. The molecule has 0 aliphatic carbocycles. The third-order valence-electron chi connectivity index (χ3n) is 7.50. The van der Waals surface area contributed by atoms with Crippen molar-refractivity contribution >= 4 is 43.0 Å². The van der Waals surface area contributed by atoms with Gasteiger partial charge in [-0.25, -0.2) is 12.5 Å². The van der Waals surface area contributed by atoms with Crippen LogP contribution in [0.15, 0.2) is 0 Å². The maximum Gasteiger partial charge on any atom is 0.397 e. The van der Waals surface area contributed by atoms with Crippen LogP contribution >= 0.6 is 0 Å². The van der Waals surface area contributed by atoms with Crippen molar-refractivity contribution in [3.05, 3.63) is 0 Å². The Morgan fingerprint density at radius 2 is 0.962 bits per heavy atom. The first-order valence-corrected chi connectivity index (χ1v) is 18.6. The van der Waals surface area contributed by atoms with Gasteiger partial charge in [0.25, 0.3) is 0 Å². The highest BCUT2D eigenvalue weighted by Crippen LogP contribution is 2.33. The van der Waals surface area contributed by atoms with Crippen molar-refractivity contribution in [2.75, 3.05) is 19.8 Å². The second-order valence-electron chi connectivity index (χ2n) is 11.4. The monoisotopic (exact) mass is 826 g/mol. The quantitative estimate of drug-likeness (QED) is 0.0683. The highest BCUT2D eigenvalue weighted by atomic mass is 32.3. The predicted octanol–water partition coefficient (Wildman–Crippen LogP) is -7.80. The van der Waals surface area contributed by atoms with Crippen LogP contribution in [0.3, 0.4) is 0 Å². The van der Waals surface area contributed by atoms with E-state index in [-0.39, 0.29) is 0 Å². The molecule has 3 heterocycles. The molecule has 304 valence electrons. The summed E-state index contributed by atoms with van der Waals surface area (Å²) in [7, 11) is -15.6. The van der Waals surface area contributed by atoms with Gasteiger partial charge in [-0.15, -0.1) is 0 Å². The standard InChI is InChI=1S/C22H38N2O25S3/c1-6(25)23-11-16(30)18(10(45-20(11)32)5-44-52(39,40)41)48-22-17(31)19(14(28)9(47-22)4-43-51(36,37)38)49-21-12(24-7(2)26)15(29)13(27)8(46-21)3-42-50(33,34)35/h8-22,27-32H,3-5H2,1-2H3,(H,23,25)(H,24,26)(H,33,34,35)(H,36,37,38)(H,39,40,41)/t8-,9-,10-,11-,12-,13-,14+,15-,16-,17-,18-,19+,20?,21+,22?/m1/s1. The number of carbonyl (C=O) groups is 2. The molecule has 3 saturated heterocycles. The third-order valence-corrected chi connectivity index (χ3v) is 8.80. The van der Waals surface area contributed by atoms with Crippen molar-refractivity contribution in [2.45, 2.75) is 106 Å². The van der Waals surface area contributed by atoms with Crippen LogP contribution in [0.25, 0.3) is 0 Å². The zero-order valence-corrected chi connectivity index (χ0v) is 29.0. The van der Waals surface area contributed by atoms with E-state index in [4.69, 9.17) is 37.3 Å². The minimum atomic E-state index is -5.25. The normalized spacial score (nSPS) is 39.1. The van der Waals surface area contributed by atoms with E-state index in [2.05, 4.69) is 23.2 Å². The summed E-state index contributed by atoms with van der Waals surface area (Å²) in [6.45, 7) is -1.73. The summed E-state index contributed by atoms with van der Waals surface area (Å²) < 4.78 is 134. The molecule has 0 bridgehead atoms. The number of aliphatic hydroxyl groups excluding tert-OH is 6. The fourth-order valence-electron chi connectivity index (χ4n) is 5.28. The summed E-state index contributed by atoms with van der Waals surface area (Å²) in [5, 5.41) is 69.3. The van der Waals surface area contributed by atoms with Crippen molar-refractivity contribution in [1.82, 2.24) is 10.6 Å². The summed E-state index contributed by atoms with van der Waals surface area (Å²) in [5.74, 6) is -1.71. The average Bonchev–Trinajstić information content (AvgIpc) is 2.99. The number of hydrogen-bond donors (Lipinski definition) is 11. The second kappa shape index (κ2) is 17.7. The van der Waals surface area contributed by atoms with Crippen LogP contribution in [0.2, 0.25) is 0 Å². The Hall–Kier alpha value is -1.89. The average molecular weight is 827 g/mol. The van der Waals surface area contributed by atoms with Gasteiger partial charge in [-0.1, -0.05) is 0 Å². The van der Waals surface area contributed by atoms with Crippen molar-refractivity contribution < 1.29 is 115 Å². The number of rotatable bonds is 15. The molecule has 0 radical (unpaired) electrons. The number of carbonyl (C=O) groups excluding carboxylic acids is 2. The van der Waals surface area contributed by atoms with Gasteiger partial charge < -0.3 is 65.0 Å². The fraction of sp³-hybridized carbons (Fsp3) is 0.909. The first-order chi connectivity index (χ1) is 23.8. The topological polar surface area (TPSA) is 417 Å². The van der Waals surface area contributed by atoms with Gasteiger partial charge in [0, 0.05) is 13.8 Å². The van der Waals surface area contributed by atoms with E-state index in [1.807, 2.05) is 0 Å². The molecule has 3 fully saturated rings. The van der Waals surface area contributed by atoms with E-state index in [0.717, 1.165) is 13.8 Å². The van der Waals surface area contributed by atoms with E-state index < -0.39 is 155 Å². The molecule has 15 atom stereocenters. The van der Waals surface area contributed by atoms with Gasteiger partial charge in [0.1, 0.15) is 73.1 Å². The SMILES string of the molecule is CC(=O)N[C@H]1[C@H](O[C@H]2[C@@H](O)[C@@H](COS(=O)(=O)O)OC(O[C@H]3[C@H](O)[C@@H](NC(C)=O)C(O)O[C@@H]3COS(=O)(=O)O)[C@@H]2O)O[C@H](COS(=O)(=O)O)[C@@H](O)[C@@H]1O. The molecule has 3 aliphatic heterocycles. The summed E-state index contributed by atoms with van der Waals surface area (Å²) >= 11 is 0. The number of aliphatic hydroxyl groups is 6. The lowest BCUT2D eigenvalue weighted by Gasteiger charge is -2.49. The van der Waals surface area contributed by atoms with Crippen LogP contribution in [0.5, 0.6) is 0 Å². The summed E-state index contributed by atoms with van der Waals surface area (Å²) in [5.41, 5.74) is 0. The minimum Gasteiger partial charge on any atom is -0.388 e. The molecular weight excluding hydrogens is 788 g/mol. The molecule has 0 saturated carbocycles. The molecule has 0 aromatic heterocycles. The first kappa shape index (κ1) is 44.5. The summed E-state index contributed by atoms with van der Waals surface area (Å²) in [4.78, 5) is 23.7. The van der Waals surface area contributed by atoms with Gasteiger partial charge in [0.2, 0.25) is 11.8 Å². The molecule has 30 heteroatoms. The third kappa shape index (κ3) is 12.6. The van der Waals surface area contributed by atoms with Crippen LogP contribution < -0.4 is 10.6 Å². The maximum atomic E-state index is 11.9. The van der Waals surface area contributed by atoms with E-state index in [0.29, 0.717) is 0 Å². The van der Waals surface area contributed by atoms with Crippen LogP contribution in [0.4, 0.5) is 0 Å². The largest absolute Gasteiger partial charge is 0.397 e. The van der Waals surface area contributed by atoms with Crippen LogP contribution in [-0.4, -0.2) is 193 Å². The van der Waals surface area contributed by atoms with Crippen LogP contribution in [0.1, 0.15) is 13.8 Å². The van der Waals surface area contributed by atoms with Gasteiger partial charge in [0.15, 0.2) is 18.9 Å². The maximum absolute atomic E-state index is 11.9. The second-order valence-corrected chi connectivity index (χ2v) is 14.7. The lowest BCUT2D eigenvalue weighted by molar-refractivity contribution is -0.367. The minimum absolute atomic E-state index is 0.833. The van der Waals surface area contributed by atoms with Gasteiger partial charge in [-0.2, -0.15) is 25.3 Å². The van der Waals surface area contributed by atoms with E-state index in [9.17, 15) is 65.5 Å². The smallest absolute Gasteiger partial charge is 0.388 e. The van der Waals surface area contributed by atoms with Crippen molar-refractivity contribution in [3.63, 3.8) is 0 Å². The Kier molecular flexibility index (Phi) is 15.2. The van der Waals surface area contributed by atoms with Crippen LogP contribution in [0, 0.1) is 0 Å². The molecule has 0 aromatic rings. The van der Waals surface area contributed by atoms with Crippen molar-refractivity contribution in [2.24, 2.45) is 0 Å². The lowest BCUT2D eigenvalue weighted by atomic mass is 9.94. The van der Waals surface area contributed by atoms with E-state index in [1.54, 1.807) is 0 Å². The van der Waals surface area contributed by atoms with E-state index in [1.165, 1.54) is 0 Å². The van der Waals surface area contributed by atoms with Crippen molar-refractivity contribution in [3.8, 4) is 0 Å². The molecular formula is C22H38N2O25S3. The molecule has 27 nitrogen and oxygen atoms in total. The molecule has 0 spiro atoms. The van der Waals surface area contributed by atoms with Crippen LogP contribution in [-0.2, 0) is 77.0 Å². The Morgan fingerprint density at radius 1 is 0.538 bits per heavy atom. The molecule has 2 amide bonds. The van der Waals surface area contributed by atoms with E-state index >= 15 is 0 Å². The van der Waals surface area contributed by atoms with Gasteiger partial charge >= 0.3 is 31.2 Å². The zero-order chi connectivity index (χ0) is 39.5. The number of nitrogens with one attached hydrogen (secondary N) is 2. The number of ether oxygens (including phenoxy) is 5. The molecule has 52 heavy (non-hydrogen) atoms. The Balaban J connectivity index is 2.01. The Bertz CT molecular complexity index is 1560. The van der Waals surface area contributed by atoms with Gasteiger partial charge in [-0.3, -0.25) is 23.2 Å². The predicted molar refractivity (Wildman–Crippen MR) is 156 cm³/mol. The highest BCUT2D eigenvalue weighted by Gasteiger charge is 2.54. The van der Waals surface area contributed by atoms with Gasteiger partial charge in [-0.05, 0) is 0 Å². The number of hydrogen-bond acceptors (Lipinski definition) is 22. The Labute approximate surface area is 294 Å². The molecule has 3 rings (SSSR count). The lowest BCUT2D eigenvalue weighted by Crippen LogP contribution is -2.69. The van der Waals surface area contributed by atoms with Gasteiger partial charge in [0.05, 0.1) is 19.8 Å². The summed E-state index contributed by atoms with van der Waals surface area (Å²) in [6, 6.07) is -3.52. The summed E-state index contributed by atoms with van der Waals surface area (Å²) in [6.07, 6.45) is -27.2. The molecule has 2 unspecified atom stereocenters. The Morgan fingerprint density at radius 3 is 1.44 bits per heavy atom. The first-order valence-electron chi connectivity index (χ1n) is 14.5. The number of amides is 2. The van der Waals surface area contributed by atoms with Crippen molar-refractivity contribution in [1.29, 1.82) is 0 Å². The molecule has 11 N–H and O–H groups in total. The molecule has 3 aliphatic rings. The molecule has 0 aromatic carbocycles.